The third-order valence-electron chi connectivity index (χ3n) is 6.01. The first-order valence-corrected chi connectivity index (χ1v) is 12.5. The van der Waals surface area contributed by atoms with Crippen molar-refractivity contribution in [1.82, 2.24) is 0 Å². The van der Waals surface area contributed by atoms with E-state index < -0.39 is 5.91 Å². The topological polar surface area (TPSA) is 71.3 Å². The zero-order valence-electron chi connectivity index (χ0n) is 21.2. The molecule has 190 valence electrons. The van der Waals surface area contributed by atoms with Gasteiger partial charge in [0.15, 0.2) is 0 Å². The van der Waals surface area contributed by atoms with Crippen molar-refractivity contribution in [3.8, 4) is 17.6 Å². The molecule has 1 amide bonds. The third-order valence-corrected chi connectivity index (χ3v) is 6.38. The number of nitrogens with zero attached hydrogens (tertiary/aromatic N) is 1. The van der Waals surface area contributed by atoms with Gasteiger partial charge in [-0.3, -0.25) is 4.79 Å². The molecule has 0 saturated carbocycles. The minimum Gasteiger partial charge on any atom is -0.489 e. The monoisotopic (exact) mass is 522 g/mol. The highest BCUT2D eigenvalue weighted by Gasteiger charge is 2.12. The summed E-state index contributed by atoms with van der Waals surface area (Å²) in [7, 11) is 0. The van der Waals surface area contributed by atoms with Crippen LogP contribution in [0.15, 0.2) is 96.6 Å². The lowest BCUT2D eigenvalue weighted by Crippen LogP contribution is -2.13. The van der Waals surface area contributed by atoms with Crippen LogP contribution in [0, 0.1) is 25.2 Å². The minimum absolute atomic E-state index is 0.0359. The van der Waals surface area contributed by atoms with Gasteiger partial charge in [0.1, 0.15) is 36.4 Å². The number of benzene rings is 4. The average Bonchev–Trinajstić information content (AvgIpc) is 2.93. The van der Waals surface area contributed by atoms with E-state index in [1.54, 1.807) is 24.3 Å². The van der Waals surface area contributed by atoms with Crippen molar-refractivity contribution in [2.45, 2.75) is 27.1 Å². The molecule has 0 aliphatic rings. The predicted molar refractivity (Wildman–Crippen MR) is 151 cm³/mol. The van der Waals surface area contributed by atoms with E-state index in [2.05, 4.69) is 31.3 Å². The van der Waals surface area contributed by atoms with E-state index in [4.69, 9.17) is 21.1 Å². The molecule has 0 heterocycles. The van der Waals surface area contributed by atoms with Crippen LogP contribution in [0.1, 0.15) is 27.8 Å². The van der Waals surface area contributed by atoms with Crippen LogP contribution in [-0.4, -0.2) is 5.91 Å². The van der Waals surface area contributed by atoms with Gasteiger partial charge in [0, 0.05) is 21.8 Å². The van der Waals surface area contributed by atoms with Crippen LogP contribution in [0.25, 0.3) is 6.08 Å². The molecule has 6 heteroatoms. The molecule has 0 aliphatic carbocycles. The molecule has 0 atom stereocenters. The van der Waals surface area contributed by atoms with Crippen molar-refractivity contribution in [3.05, 3.63) is 129 Å². The number of rotatable bonds is 9. The molecule has 0 radical (unpaired) electrons. The van der Waals surface area contributed by atoms with Gasteiger partial charge in [-0.25, -0.2) is 0 Å². The number of nitrogens with one attached hydrogen (secondary N) is 1. The van der Waals surface area contributed by atoms with E-state index in [1.165, 1.54) is 17.2 Å². The SMILES string of the molecule is Cc1ccc(COc2ccccc2/C=C(\C#N)C(=O)Nc2ccc(OCc3ccccc3Cl)cc2)cc1C. The number of ether oxygens (including phenoxy) is 2. The first-order chi connectivity index (χ1) is 18.4. The Kier molecular flexibility index (Phi) is 8.81. The second-order valence-corrected chi connectivity index (χ2v) is 9.18. The molecule has 4 rings (SSSR count). The lowest BCUT2D eigenvalue weighted by molar-refractivity contribution is -0.112. The van der Waals surface area contributed by atoms with Gasteiger partial charge in [0.05, 0.1) is 0 Å². The quantitative estimate of drug-likeness (QED) is 0.181. The summed E-state index contributed by atoms with van der Waals surface area (Å²) in [5, 5.41) is 13.1. The molecule has 1 N–H and O–H groups in total. The molecule has 4 aromatic rings. The zero-order chi connectivity index (χ0) is 26.9. The van der Waals surface area contributed by atoms with Crippen LogP contribution in [0.3, 0.4) is 0 Å². The summed E-state index contributed by atoms with van der Waals surface area (Å²) in [6, 6.07) is 29.9. The second-order valence-electron chi connectivity index (χ2n) is 8.77. The van der Waals surface area contributed by atoms with E-state index in [0.717, 1.165) is 11.1 Å². The Morgan fingerprint density at radius 3 is 2.37 bits per heavy atom. The summed E-state index contributed by atoms with van der Waals surface area (Å²) < 4.78 is 11.8. The molecule has 38 heavy (non-hydrogen) atoms. The van der Waals surface area contributed by atoms with Gasteiger partial charge in [0.25, 0.3) is 5.91 Å². The van der Waals surface area contributed by atoms with Gasteiger partial charge in [-0.15, -0.1) is 0 Å². The van der Waals surface area contributed by atoms with Crippen molar-refractivity contribution in [2.75, 3.05) is 5.32 Å². The van der Waals surface area contributed by atoms with Crippen molar-refractivity contribution in [1.29, 1.82) is 5.26 Å². The Balaban J connectivity index is 1.40. The highest BCUT2D eigenvalue weighted by Crippen LogP contribution is 2.24. The van der Waals surface area contributed by atoms with E-state index >= 15 is 0 Å². The molecule has 0 spiro atoms. The fraction of sp³-hybridized carbons (Fsp3) is 0.125. The Hall–Kier alpha value is -4.53. The normalized spacial score (nSPS) is 10.9. The Bertz CT molecular complexity index is 1500. The number of aryl methyl sites for hydroxylation is 2. The van der Waals surface area contributed by atoms with E-state index in [9.17, 15) is 10.1 Å². The molecule has 0 fully saturated rings. The average molecular weight is 523 g/mol. The summed E-state index contributed by atoms with van der Waals surface area (Å²) >= 11 is 6.17. The van der Waals surface area contributed by atoms with Gasteiger partial charge in [-0.1, -0.05) is 66.2 Å². The van der Waals surface area contributed by atoms with Crippen LogP contribution in [0.5, 0.6) is 11.5 Å². The first-order valence-electron chi connectivity index (χ1n) is 12.1. The molecule has 5 nitrogen and oxygen atoms in total. The Morgan fingerprint density at radius 1 is 0.895 bits per heavy atom. The second kappa shape index (κ2) is 12.6. The maximum Gasteiger partial charge on any atom is 0.266 e. The summed E-state index contributed by atoms with van der Waals surface area (Å²) in [5.41, 5.74) is 5.50. The van der Waals surface area contributed by atoms with E-state index in [1.807, 2.05) is 60.7 Å². The highest BCUT2D eigenvalue weighted by atomic mass is 35.5. The fourth-order valence-electron chi connectivity index (χ4n) is 3.70. The fourth-order valence-corrected chi connectivity index (χ4v) is 3.89. The van der Waals surface area contributed by atoms with Gasteiger partial charge >= 0.3 is 0 Å². The molecule has 4 aromatic carbocycles. The summed E-state index contributed by atoms with van der Waals surface area (Å²) in [4.78, 5) is 12.9. The molecule has 0 unspecified atom stereocenters. The Labute approximate surface area is 227 Å². The molecule has 0 bridgehead atoms. The van der Waals surface area contributed by atoms with Crippen LogP contribution < -0.4 is 14.8 Å². The van der Waals surface area contributed by atoms with Gasteiger partial charge in [0.2, 0.25) is 0 Å². The van der Waals surface area contributed by atoms with Gasteiger partial charge in [-0.05, 0) is 73.0 Å². The third kappa shape index (κ3) is 7.03. The number of anilines is 1. The highest BCUT2D eigenvalue weighted by molar-refractivity contribution is 6.31. The number of nitriles is 1. The van der Waals surface area contributed by atoms with Gasteiger partial charge < -0.3 is 14.8 Å². The lowest BCUT2D eigenvalue weighted by atomic mass is 10.1. The number of carbonyl (C=O) groups is 1. The first kappa shape index (κ1) is 26.5. The molecule has 0 saturated heterocycles. The lowest BCUT2D eigenvalue weighted by Gasteiger charge is -2.11. The van der Waals surface area contributed by atoms with Crippen molar-refractivity contribution in [3.63, 3.8) is 0 Å². The molecular formula is C32H27ClN2O3. The summed E-state index contributed by atoms with van der Waals surface area (Å²) in [6.45, 7) is 4.84. The molecule has 0 aromatic heterocycles. The number of hydrogen-bond acceptors (Lipinski definition) is 4. The number of carbonyl (C=O) groups excluding carboxylic acids is 1. The minimum atomic E-state index is -0.513. The van der Waals surface area contributed by atoms with E-state index in [0.29, 0.717) is 41.0 Å². The maximum absolute atomic E-state index is 12.9. The largest absolute Gasteiger partial charge is 0.489 e. The Morgan fingerprint density at radius 2 is 1.63 bits per heavy atom. The number of amides is 1. The van der Waals surface area contributed by atoms with E-state index in [-0.39, 0.29) is 5.57 Å². The van der Waals surface area contributed by atoms with Crippen LogP contribution >= 0.6 is 11.6 Å². The standard InChI is InChI=1S/C32H27ClN2O3/c1-22-11-12-24(17-23(22)2)20-38-31-10-6-4-7-25(31)18-27(19-34)32(36)35-28-13-15-29(16-14-28)37-21-26-8-3-5-9-30(26)33/h3-18H,20-21H2,1-2H3,(H,35,36)/b27-18+. The van der Waals surface area contributed by atoms with Crippen molar-refractivity contribution < 1.29 is 14.3 Å². The van der Waals surface area contributed by atoms with Crippen LogP contribution in [0.2, 0.25) is 5.02 Å². The smallest absolute Gasteiger partial charge is 0.266 e. The number of para-hydroxylation sites is 1. The zero-order valence-corrected chi connectivity index (χ0v) is 22.0. The molecular weight excluding hydrogens is 496 g/mol. The van der Waals surface area contributed by atoms with Crippen LogP contribution in [0.4, 0.5) is 5.69 Å². The maximum atomic E-state index is 12.9. The van der Waals surface area contributed by atoms with Crippen molar-refractivity contribution >= 4 is 29.3 Å². The summed E-state index contributed by atoms with van der Waals surface area (Å²) in [5.74, 6) is 0.710. The number of hydrogen-bond donors (Lipinski definition) is 1. The number of halogens is 1. The summed E-state index contributed by atoms with van der Waals surface area (Å²) in [6.07, 6.45) is 1.53. The molecule has 0 aliphatic heterocycles. The van der Waals surface area contributed by atoms with Gasteiger partial charge in [-0.2, -0.15) is 5.26 Å². The van der Waals surface area contributed by atoms with Crippen LogP contribution in [-0.2, 0) is 18.0 Å². The predicted octanol–water partition coefficient (Wildman–Crippen LogP) is 7.66. The van der Waals surface area contributed by atoms with Crippen molar-refractivity contribution in [2.24, 2.45) is 0 Å².